The zero-order chi connectivity index (χ0) is 14.3. The molecule has 2 nitrogen and oxygen atoms in total. The normalized spacial score (nSPS) is 10.3. The smallest absolute Gasteiger partial charge is 0.173 e. The second-order valence-corrected chi connectivity index (χ2v) is 4.00. The molecule has 2 aromatic rings. The number of carbonyl (C=O) groups excluding carboxylic acids is 1. The topological polar surface area (TPSA) is 37.3 Å². The second kappa shape index (κ2) is 7.40. The van der Waals surface area contributed by atoms with E-state index in [2.05, 4.69) is 22.6 Å². The Bertz CT molecular complexity index is 469. The minimum Gasteiger partial charge on any atom is -0.373 e. The van der Waals surface area contributed by atoms with Crippen molar-refractivity contribution in [2.24, 2.45) is 0 Å². The number of rotatable bonds is 3. The molecular formula is C16H17IO2. The predicted octanol–water partition coefficient (Wildman–Crippen LogP) is 3.56. The van der Waals surface area contributed by atoms with Crippen molar-refractivity contribution in [3.63, 3.8) is 0 Å². The maximum atomic E-state index is 11.8. The summed E-state index contributed by atoms with van der Waals surface area (Å²) in [6.07, 6.45) is 0. The highest BCUT2D eigenvalue weighted by atomic mass is 127. The number of hydrogen-bond acceptors (Lipinski definition) is 2. The molecule has 0 aliphatic rings. The molecule has 0 amide bonds. The maximum Gasteiger partial charge on any atom is 0.173 e. The molecule has 19 heavy (non-hydrogen) atoms. The summed E-state index contributed by atoms with van der Waals surface area (Å²) < 4.78 is 0. The van der Waals surface area contributed by atoms with E-state index in [1.165, 1.54) is 6.92 Å². The van der Waals surface area contributed by atoms with Gasteiger partial charge in [-0.05, 0) is 23.0 Å². The highest BCUT2D eigenvalue weighted by Crippen LogP contribution is 2.30. The van der Waals surface area contributed by atoms with E-state index in [9.17, 15) is 9.90 Å². The fourth-order valence-electron chi connectivity index (χ4n) is 1.93. The maximum absolute atomic E-state index is 11.8. The monoisotopic (exact) mass is 368 g/mol. The summed E-state index contributed by atoms with van der Waals surface area (Å²) in [4.78, 5) is 13.8. The van der Waals surface area contributed by atoms with Crippen LogP contribution in [-0.2, 0) is 10.4 Å². The summed E-state index contributed by atoms with van der Waals surface area (Å²) in [5, 5.41) is 10.7. The average Bonchev–Trinajstić information content (AvgIpc) is 2.50. The number of benzene rings is 2. The lowest BCUT2D eigenvalue weighted by Crippen LogP contribution is -2.35. The molecule has 0 heterocycles. The van der Waals surface area contributed by atoms with Crippen LogP contribution < -0.4 is 0 Å². The highest BCUT2D eigenvalue weighted by Gasteiger charge is 2.36. The Labute approximate surface area is 127 Å². The number of aliphatic hydroxyl groups is 1. The Balaban J connectivity index is 0.000000861. The van der Waals surface area contributed by atoms with E-state index >= 15 is 0 Å². The van der Waals surface area contributed by atoms with Crippen LogP contribution in [0.15, 0.2) is 60.7 Å². The van der Waals surface area contributed by atoms with Gasteiger partial charge in [0.05, 0.1) is 0 Å². The molecule has 0 radical (unpaired) electrons. The van der Waals surface area contributed by atoms with E-state index in [1.54, 1.807) is 24.3 Å². The van der Waals surface area contributed by atoms with Gasteiger partial charge in [0, 0.05) is 0 Å². The zero-order valence-electron chi connectivity index (χ0n) is 11.0. The lowest BCUT2D eigenvalue weighted by Gasteiger charge is -2.26. The van der Waals surface area contributed by atoms with Crippen LogP contribution in [-0.4, -0.2) is 15.8 Å². The Morgan fingerprint density at radius 2 is 1.21 bits per heavy atom. The van der Waals surface area contributed by atoms with Crippen molar-refractivity contribution in [3.8, 4) is 0 Å². The minimum atomic E-state index is -1.55. The van der Waals surface area contributed by atoms with Crippen molar-refractivity contribution in [1.29, 1.82) is 0 Å². The van der Waals surface area contributed by atoms with Crippen LogP contribution in [0.2, 0.25) is 0 Å². The van der Waals surface area contributed by atoms with Crippen molar-refractivity contribution in [3.05, 3.63) is 71.8 Å². The van der Waals surface area contributed by atoms with Crippen LogP contribution >= 0.6 is 22.6 Å². The molecule has 100 valence electrons. The Kier molecular flexibility index (Phi) is 6.18. The number of halogens is 1. The first-order chi connectivity index (χ1) is 9.15. The van der Waals surface area contributed by atoms with Gasteiger partial charge in [-0.3, -0.25) is 4.79 Å². The van der Waals surface area contributed by atoms with Gasteiger partial charge < -0.3 is 5.11 Å². The third kappa shape index (κ3) is 3.42. The molecule has 1 N–H and O–H groups in total. The summed E-state index contributed by atoms with van der Waals surface area (Å²) >= 11 is 2.15. The van der Waals surface area contributed by atoms with E-state index in [-0.39, 0.29) is 5.78 Å². The number of ketones is 1. The minimum absolute atomic E-state index is 0.282. The molecule has 0 aliphatic heterocycles. The van der Waals surface area contributed by atoms with Crippen LogP contribution in [0.1, 0.15) is 18.1 Å². The Hall–Kier alpha value is -1.20. The van der Waals surface area contributed by atoms with Crippen molar-refractivity contribution >= 4 is 28.4 Å². The van der Waals surface area contributed by atoms with Gasteiger partial charge in [0.15, 0.2) is 11.4 Å². The van der Waals surface area contributed by atoms with Crippen molar-refractivity contribution in [1.82, 2.24) is 0 Å². The third-order valence-electron chi connectivity index (χ3n) is 2.89. The molecule has 2 aromatic carbocycles. The van der Waals surface area contributed by atoms with E-state index in [0.717, 1.165) is 0 Å². The molecule has 3 heteroatoms. The van der Waals surface area contributed by atoms with Gasteiger partial charge in [0.2, 0.25) is 0 Å². The second-order valence-electron chi connectivity index (χ2n) is 4.00. The number of carbonyl (C=O) groups is 1. The molecule has 0 saturated carbocycles. The largest absolute Gasteiger partial charge is 0.373 e. The lowest BCUT2D eigenvalue weighted by molar-refractivity contribution is -0.131. The molecule has 0 aliphatic carbocycles. The molecule has 0 spiro atoms. The van der Waals surface area contributed by atoms with Gasteiger partial charge in [0.25, 0.3) is 0 Å². The fraction of sp³-hybridized carbons (Fsp3) is 0.188. The first kappa shape index (κ1) is 15.9. The quantitative estimate of drug-likeness (QED) is 0.665. The van der Waals surface area contributed by atoms with E-state index < -0.39 is 5.60 Å². The number of hydrogen-bond donors (Lipinski definition) is 1. The van der Waals surface area contributed by atoms with Crippen LogP contribution in [0.25, 0.3) is 0 Å². The lowest BCUT2D eigenvalue weighted by atomic mass is 9.83. The Morgan fingerprint density at radius 1 is 0.895 bits per heavy atom. The number of Topliss-reactive ketones (excluding diaryl/α,β-unsaturated/α-hetero) is 1. The molecule has 0 saturated heterocycles. The first-order valence-electron chi connectivity index (χ1n) is 5.88. The van der Waals surface area contributed by atoms with Gasteiger partial charge in [-0.15, -0.1) is 0 Å². The molecule has 0 bridgehead atoms. The van der Waals surface area contributed by atoms with Crippen molar-refractivity contribution in [2.45, 2.75) is 12.5 Å². The summed E-state index contributed by atoms with van der Waals surface area (Å²) in [6.45, 7) is 1.40. The van der Waals surface area contributed by atoms with Crippen LogP contribution in [0.5, 0.6) is 0 Å². The van der Waals surface area contributed by atoms with Gasteiger partial charge in [-0.2, -0.15) is 0 Å². The molecule has 0 atom stereocenters. The number of alkyl halides is 1. The molecule has 0 aromatic heterocycles. The van der Waals surface area contributed by atoms with Gasteiger partial charge >= 0.3 is 0 Å². The molecule has 0 fully saturated rings. The fourth-order valence-corrected chi connectivity index (χ4v) is 1.93. The first-order valence-corrected chi connectivity index (χ1v) is 8.03. The van der Waals surface area contributed by atoms with E-state index in [1.807, 2.05) is 41.3 Å². The Morgan fingerprint density at radius 3 is 1.47 bits per heavy atom. The summed E-state index contributed by atoms with van der Waals surface area (Å²) in [5.41, 5.74) is -0.361. The van der Waals surface area contributed by atoms with Gasteiger partial charge in [-0.25, -0.2) is 0 Å². The van der Waals surface area contributed by atoms with Gasteiger partial charge in [0.1, 0.15) is 0 Å². The average molecular weight is 368 g/mol. The SMILES string of the molecule is CC(=O)C(O)(c1ccccc1)c1ccccc1.CI. The summed E-state index contributed by atoms with van der Waals surface area (Å²) in [6, 6.07) is 18.0. The van der Waals surface area contributed by atoms with Crippen molar-refractivity contribution in [2.75, 3.05) is 4.93 Å². The zero-order valence-corrected chi connectivity index (χ0v) is 13.2. The van der Waals surface area contributed by atoms with Crippen LogP contribution in [0.4, 0.5) is 0 Å². The standard InChI is InChI=1S/C15H14O2.CH3I/c1-12(16)15(17,13-8-4-2-5-9-13)14-10-6-3-7-11-14;1-2/h2-11,17H,1H3;1H3. The van der Waals surface area contributed by atoms with Crippen LogP contribution in [0, 0.1) is 0 Å². The summed E-state index contributed by atoms with van der Waals surface area (Å²) in [7, 11) is 0. The van der Waals surface area contributed by atoms with E-state index in [4.69, 9.17) is 0 Å². The van der Waals surface area contributed by atoms with E-state index in [0.29, 0.717) is 11.1 Å². The van der Waals surface area contributed by atoms with Gasteiger partial charge in [-0.1, -0.05) is 83.3 Å². The predicted molar refractivity (Wildman–Crippen MR) is 86.5 cm³/mol. The molecule has 0 unspecified atom stereocenters. The molecular weight excluding hydrogens is 351 g/mol. The van der Waals surface area contributed by atoms with Crippen molar-refractivity contribution < 1.29 is 9.90 Å². The summed E-state index contributed by atoms with van der Waals surface area (Å²) in [5.74, 6) is -0.282. The highest BCUT2D eigenvalue weighted by molar-refractivity contribution is 14.1. The third-order valence-corrected chi connectivity index (χ3v) is 2.89. The molecule has 2 rings (SSSR count). The van der Waals surface area contributed by atoms with Crippen LogP contribution in [0.3, 0.4) is 0 Å².